The van der Waals surface area contributed by atoms with Crippen LogP contribution in [0, 0.1) is 5.92 Å². The SMILES string of the molecule is CC1CCC(C(=O)Nc2cccc(N(C)C)c2)CN1. The summed E-state index contributed by atoms with van der Waals surface area (Å²) >= 11 is 0. The van der Waals surface area contributed by atoms with Gasteiger partial charge in [-0.2, -0.15) is 0 Å². The number of piperidine rings is 1. The van der Waals surface area contributed by atoms with Gasteiger partial charge in [0.2, 0.25) is 5.91 Å². The zero-order chi connectivity index (χ0) is 13.8. The van der Waals surface area contributed by atoms with Crippen LogP contribution in [-0.2, 0) is 4.79 Å². The molecule has 104 valence electrons. The van der Waals surface area contributed by atoms with E-state index in [9.17, 15) is 4.79 Å². The predicted octanol–water partition coefficient (Wildman–Crippen LogP) is 2.08. The maximum atomic E-state index is 12.2. The minimum absolute atomic E-state index is 0.0826. The minimum Gasteiger partial charge on any atom is -0.378 e. The molecule has 1 heterocycles. The van der Waals surface area contributed by atoms with E-state index in [1.54, 1.807) is 0 Å². The molecule has 0 saturated carbocycles. The van der Waals surface area contributed by atoms with Crippen molar-refractivity contribution in [1.29, 1.82) is 0 Å². The maximum Gasteiger partial charge on any atom is 0.228 e. The second kappa shape index (κ2) is 6.06. The van der Waals surface area contributed by atoms with Crippen LogP contribution >= 0.6 is 0 Å². The summed E-state index contributed by atoms with van der Waals surface area (Å²) in [5.74, 6) is 0.203. The highest BCUT2D eigenvalue weighted by Crippen LogP contribution is 2.20. The van der Waals surface area contributed by atoms with E-state index in [1.807, 2.05) is 43.3 Å². The number of nitrogens with one attached hydrogen (secondary N) is 2. The van der Waals surface area contributed by atoms with Gasteiger partial charge in [-0.25, -0.2) is 0 Å². The van der Waals surface area contributed by atoms with Gasteiger partial charge < -0.3 is 15.5 Å². The van der Waals surface area contributed by atoms with E-state index in [1.165, 1.54) is 0 Å². The first-order valence-corrected chi connectivity index (χ1v) is 6.88. The number of nitrogens with zero attached hydrogens (tertiary/aromatic N) is 1. The number of hydrogen-bond acceptors (Lipinski definition) is 3. The largest absolute Gasteiger partial charge is 0.378 e. The van der Waals surface area contributed by atoms with Crippen molar-refractivity contribution >= 4 is 17.3 Å². The van der Waals surface area contributed by atoms with Gasteiger partial charge in [0.1, 0.15) is 0 Å². The van der Waals surface area contributed by atoms with Gasteiger partial charge in [-0.05, 0) is 38.0 Å². The van der Waals surface area contributed by atoms with Crippen LogP contribution in [0.3, 0.4) is 0 Å². The molecule has 4 nitrogen and oxygen atoms in total. The third-order valence-electron chi connectivity index (χ3n) is 3.66. The number of amides is 1. The van der Waals surface area contributed by atoms with Gasteiger partial charge in [-0.3, -0.25) is 4.79 Å². The van der Waals surface area contributed by atoms with Crippen LogP contribution in [-0.4, -0.2) is 32.6 Å². The molecule has 1 aliphatic heterocycles. The summed E-state index contributed by atoms with van der Waals surface area (Å²) < 4.78 is 0. The van der Waals surface area contributed by atoms with Gasteiger partial charge in [-0.1, -0.05) is 6.07 Å². The van der Waals surface area contributed by atoms with E-state index in [2.05, 4.69) is 17.6 Å². The Morgan fingerprint density at radius 2 is 2.16 bits per heavy atom. The number of rotatable bonds is 3. The molecule has 2 unspecified atom stereocenters. The van der Waals surface area contributed by atoms with Crippen molar-refractivity contribution in [2.75, 3.05) is 30.9 Å². The number of carbonyl (C=O) groups is 1. The van der Waals surface area contributed by atoms with Gasteiger partial charge in [-0.15, -0.1) is 0 Å². The molecule has 1 fully saturated rings. The summed E-state index contributed by atoms with van der Waals surface area (Å²) in [5, 5.41) is 6.38. The summed E-state index contributed by atoms with van der Waals surface area (Å²) in [6.45, 7) is 2.94. The Kier molecular flexibility index (Phi) is 4.43. The van der Waals surface area contributed by atoms with Gasteiger partial charge in [0.25, 0.3) is 0 Å². The van der Waals surface area contributed by atoms with Crippen molar-refractivity contribution < 1.29 is 4.79 Å². The average Bonchev–Trinajstić information content (AvgIpc) is 2.39. The molecule has 0 aliphatic carbocycles. The second-order valence-corrected chi connectivity index (χ2v) is 5.52. The fraction of sp³-hybridized carbons (Fsp3) is 0.533. The predicted molar refractivity (Wildman–Crippen MR) is 79.6 cm³/mol. The number of carbonyl (C=O) groups excluding carboxylic acids is 1. The van der Waals surface area contributed by atoms with Crippen LogP contribution in [0.2, 0.25) is 0 Å². The monoisotopic (exact) mass is 261 g/mol. The highest BCUT2D eigenvalue weighted by Gasteiger charge is 2.23. The molecule has 1 aliphatic rings. The van der Waals surface area contributed by atoms with Crippen LogP contribution in [0.15, 0.2) is 24.3 Å². The van der Waals surface area contributed by atoms with E-state index < -0.39 is 0 Å². The highest BCUT2D eigenvalue weighted by molar-refractivity contribution is 5.93. The first-order chi connectivity index (χ1) is 9.06. The third-order valence-corrected chi connectivity index (χ3v) is 3.66. The Morgan fingerprint density at radius 1 is 1.37 bits per heavy atom. The lowest BCUT2D eigenvalue weighted by atomic mass is 9.95. The van der Waals surface area contributed by atoms with E-state index in [4.69, 9.17) is 0 Å². The highest BCUT2D eigenvalue weighted by atomic mass is 16.1. The van der Waals surface area contributed by atoms with Crippen LogP contribution in [0.4, 0.5) is 11.4 Å². The topological polar surface area (TPSA) is 44.4 Å². The molecule has 2 atom stereocenters. The number of benzene rings is 1. The lowest BCUT2D eigenvalue weighted by Crippen LogP contribution is -2.41. The molecule has 19 heavy (non-hydrogen) atoms. The Bertz CT molecular complexity index is 437. The molecule has 1 aromatic carbocycles. The van der Waals surface area contributed by atoms with Crippen molar-refractivity contribution in [3.05, 3.63) is 24.3 Å². The smallest absolute Gasteiger partial charge is 0.228 e. The van der Waals surface area contributed by atoms with E-state index >= 15 is 0 Å². The molecular formula is C15H23N3O. The van der Waals surface area contributed by atoms with E-state index in [0.717, 1.165) is 30.8 Å². The Morgan fingerprint density at radius 3 is 2.79 bits per heavy atom. The van der Waals surface area contributed by atoms with Crippen molar-refractivity contribution in [3.8, 4) is 0 Å². The molecule has 0 bridgehead atoms. The van der Waals surface area contributed by atoms with Crippen LogP contribution < -0.4 is 15.5 Å². The summed E-state index contributed by atoms with van der Waals surface area (Å²) in [5.41, 5.74) is 1.96. The lowest BCUT2D eigenvalue weighted by Gasteiger charge is -2.26. The summed E-state index contributed by atoms with van der Waals surface area (Å²) in [4.78, 5) is 14.2. The minimum atomic E-state index is 0.0826. The quantitative estimate of drug-likeness (QED) is 0.875. The molecule has 0 radical (unpaired) electrons. The Hall–Kier alpha value is -1.55. The van der Waals surface area contributed by atoms with Gasteiger partial charge in [0.05, 0.1) is 5.92 Å². The summed E-state index contributed by atoms with van der Waals surface area (Å²) in [6, 6.07) is 8.45. The molecule has 0 aromatic heterocycles. The lowest BCUT2D eigenvalue weighted by molar-refractivity contribution is -0.120. The third kappa shape index (κ3) is 3.70. The molecule has 1 amide bonds. The first kappa shape index (κ1) is 13.9. The Balaban J connectivity index is 1.97. The van der Waals surface area contributed by atoms with Crippen molar-refractivity contribution in [3.63, 3.8) is 0 Å². The summed E-state index contributed by atoms with van der Waals surface area (Å²) in [7, 11) is 3.99. The standard InChI is InChI=1S/C15H23N3O/c1-11-7-8-12(10-16-11)15(19)17-13-5-4-6-14(9-13)18(2)3/h4-6,9,11-12,16H,7-8,10H2,1-3H3,(H,17,19). The van der Waals surface area contributed by atoms with Crippen LogP contribution in [0.1, 0.15) is 19.8 Å². The average molecular weight is 261 g/mol. The van der Waals surface area contributed by atoms with Crippen molar-refractivity contribution in [1.82, 2.24) is 5.32 Å². The molecule has 1 aromatic rings. The van der Waals surface area contributed by atoms with Crippen molar-refractivity contribution in [2.24, 2.45) is 5.92 Å². The normalized spacial score (nSPS) is 22.9. The zero-order valence-electron chi connectivity index (χ0n) is 11.9. The van der Waals surface area contributed by atoms with Gasteiger partial charge >= 0.3 is 0 Å². The maximum absolute atomic E-state index is 12.2. The molecular weight excluding hydrogens is 238 g/mol. The molecule has 2 rings (SSSR count). The number of hydrogen-bond donors (Lipinski definition) is 2. The van der Waals surface area contributed by atoms with Gasteiger partial charge in [0, 0.05) is 38.1 Å². The molecule has 0 spiro atoms. The fourth-order valence-corrected chi connectivity index (χ4v) is 2.33. The van der Waals surface area contributed by atoms with Crippen LogP contribution in [0.5, 0.6) is 0 Å². The molecule has 2 N–H and O–H groups in total. The Labute approximate surface area is 115 Å². The zero-order valence-corrected chi connectivity index (χ0v) is 11.9. The fourth-order valence-electron chi connectivity index (χ4n) is 2.33. The molecule has 4 heteroatoms. The second-order valence-electron chi connectivity index (χ2n) is 5.52. The van der Waals surface area contributed by atoms with Gasteiger partial charge in [0.15, 0.2) is 0 Å². The van der Waals surface area contributed by atoms with Crippen molar-refractivity contribution in [2.45, 2.75) is 25.8 Å². The molecule has 1 saturated heterocycles. The van der Waals surface area contributed by atoms with E-state index in [0.29, 0.717) is 6.04 Å². The van der Waals surface area contributed by atoms with Crippen LogP contribution in [0.25, 0.3) is 0 Å². The summed E-state index contributed by atoms with van der Waals surface area (Å²) in [6.07, 6.45) is 2.03. The first-order valence-electron chi connectivity index (χ1n) is 6.88. The van der Waals surface area contributed by atoms with E-state index in [-0.39, 0.29) is 11.8 Å². The number of anilines is 2.